The number of nitrogens with two attached hydrogens (primary N) is 1. The first-order valence-electron chi connectivity index (χ1n) is 5.01. The van der Waals surface area contributed by atoms with E-state index in [4.69, 9.17) is 22.4 Å². The predicted molar refractivity (Wildman–Crippen MR) is 64.1 cm³/mol. The lowest BCUT2D eigenvalue weighted by molar-refractivity contribution is 0.270. The first-order valence-corrected chi connectivity index (χ1v) is 5.39. The van der Waals surface area contributed by atoms with Gasteiger partial charge in [-0.05, 0) is 18.2 Å². The highest BCUT2D eigenvalue weighted by molar-refractivity contribution is 6.33. The van der Waals surface area contributed by atoms with Crippen molar-refractivity contribution in [3.63, 3.8) is 0 Å². The molecular weight excluding hydrogens is 245 g/mol. The van der Waals surface area contributed by atoms with Gasteiger partial charge in [0.2, 0.25) is 0 Å². The lowest BCUT2D eigenvalue weighted by atomic mass is 10.1. The average molecular weight is 256 g/mol. The lowest BCUT2D eigenvalue weighted by Gasteiger charge is -2.01. The Morgan fingerprint density at radius 2 is 2.18 bits per heavy atom. The van der Waals surface area contributed by atoms with Crippen LogP contribution in [0.25, 0.3) is 11.3 Å². The largest absolute Gasteiger partial charge is 0.394 e. The Balaban J connectivity index is 2.42. The van der Waals surface area contributed by atoms with Crippen molar-refractivity contribution in [2.45, 2.75) is 6.54 Å². The van der Waals surface area contributed by atoms with Gasteiger partial charge < -0.3 is 10.8 Å². The molecule has 0 bridgehead atoms. The second kappa shape index (κ2) is 4.73. The zero-order valence-corrected chi connectivity index (χ0v) is 9.65. The van der Waals surface area contributed by atoms with Crippen LogP contribution >= 0.6 is 11.6 Å². The molecule has 0 saturated carbocycles. The number of aliphatic hydroxyl groups excluding tert-OH is 1. The van der Waals surface area contributed by atoms with Crippen molar-refractivity contribution in [2.75, 3.05) is 12.3 Å². The van der Waals surface area contributed by atoms with Gasteiger partial charge in [0.1, 0.15) is 11.6 Å². The lowest BCUT2D eigenvalue weighted by Crippen LogP contribution is -2.07. The molecule has 2 rings (SSSR count). The molecule has 4 nitrogen and oxygen atoms in total. The summed E-state index contributed by atoms with van der Waals surface area (Å²) in [7, 11) is 0. The smallest absolute Gasteiger partial charge is 0.124 e. The zero-order valence-electron chi connectivity index (χ0n) is 8.90. The maximum atomic E-state index is 12.9. The van der Waals surface area contributed by atoms with E-state index in [0.29, 0.717) is 23.6 Å². The zero-order chi connectivity index (χ0) is 12.4. The summed E-state index contributed by atoms with van der Waals surface area (Å²) in [6, 6.07) is 5.71. The highest BCUT2D eigenvalue weighted by atomic mass is 35.5. The number of nitrogen functional groups attached to an aromatic ring is 1. The number of rotatable bonds is 3. The van der Waals surface area contributed by atoms with Crippen LogP contribution in [-0.2, 0) is 6.54 Å². The Hall–Kier alpha value is -1.59. The Labute approximate surface area is 102 Å². The van der Waals surface area contributed by atoms with Gasteiger partial charge in [-0.2, -0.15) is 5.10 Å². The topological polar surface area (TPSA) is 64.1 Å². The van der Waals surface area contributed by atoms with E-state index in [9.17, 15) is 4.39 Å². The molecule has 0 atom stereocenters. The van der Waals surface area contributed by atoms with Crippen LogP contribution in [0.1, 0.15) is 0 Å². The highest BCUT2D eigenvalue weighted by Crippen LogP contribution is 2.28. The minimum atomic E-state index is -0.401. The Morgan fingerprint density at radius 1 is 1.41 bits per heavy atom. The van der Waals surface area contributed by atoms with Crippen molar-refractivity contribution >= 4 is 17.4 Å². The number of halogens is 2. The third-order valence-electron chi connectivity index (χ3n) is 2.33. The number of hydrogen-bond acceptors (Lipinski definition) is 3. The number of aromatic nitrogens is 2. The molecule has 1 aromatic carbocycles. The molecule has 0 saturated heterocycles. The summed E-state index contributed by atoms with van der Waals surface area (Å²) in [6.45, 7) is 0.257. The third kappa shape index (κ3) is 2.40. The molecular formula is C11H11ClFN3O. The van der Waals surface area contributed by atoms with Crippen molar-refractivity contribution in [1.29, 1.82) is 0 Å². The van der Waals surface area contributed by atoms with Crippen molar-refractivity contribution in [3.05, 3.63) is 35.1 Å². The van der Waals surface area contributed by atoms with Crippen LogP contribution in [0.15, 0.2) is 24.3 Å². The molecule has 1 aromatic heterocycles. The van der Waals surface area contributed by atoms with E-state index in [-0.39, 0.29) is 11.6 Å². The molecule has 90 valence electrons. The molecule has 0 radical (unpaired) electrons. The molecule has 17 heavy (non-hydrogen) atoms. The summed E-state index contributed by atoms with van der Waals surface area (Å²) in [5.41, 5.74) is 6.88. The van der Waals surface area contributed by atoms with Crippen LogP contribution in [0.4, 0.5) is 10.2 Å². The third-order valence-corrected chi connectivity index (χ3v) is 2.64. The van der Waals surface area contributed by atoms with Gasteiger partial charge in [-0.25, -0.2) is 9.07 Å². The van der Waals surface area contributed by atoms with Gasteiger partial charge in [0.15, 0.2) is 0 Å². The fourth-order valence-electron chi connectivity index (χ4n) is 1.53. The van der Waals surface area contributed by atoms with E-state index in [1.807, 2.05) is 0 Å². The summed E-state index contributed by atoms with van der Waals surface area (Å²) >= 11 is 5.92. The average Bonchev–Trinajstić information content (AvgIpc) is 2.60. The van der Waals surface area contributed by atoms with Gasteiger partial charge in [-0.3, -0.25) is 0 Å². The molecule has 3 N–H and O–H groups in total. The maximum absolute atomic E-state index is 12.9. The van der Waals surface area contributed by atoms with E-state index in [0.717, 1.165) is 0 Å². The first-order chi connectivity index (χ1) is 8.11. The van der Waals surface area contributed by atoms with Gasteiger partial charge in [-0.1, -0.05) is 11.6 Å². The van der Waals surface area contributed by atoms with Gasteiger partial charge >= 0.3 is 0 Å². The summed E-state index contributed by atoms with van der Waals surface area (Å²) in [5.74, 6) is 0.0240. The second-order valence-corrected chi connectivity index (χ2v) is 3.93. The molecule has 0 aliphatic rings. The Morgan fingerprint density at radius 3 is 2.82 bits per heavy atom. The Kier molecular flexibility index (Phi) is 3.31. The van der Waals surface area contributed by atoms with Gasteiger partial charge in [-0.15, -0.1) is 0 Å². The summed E-state index contributed by atoms with van der Waals surface area (Å²) in [6.07, 6.45) is 0. The summed E-state index contributed by atoms with van der Waals surface area (Å²) in [4.78, 5) is 0. The number of anilines is 1. The predicted octanol–water partition coefficient (Wildman–Crippen LogP) is 1.92. The van der Waals surface area contributed by atoms with Crippen LogP contribution in [0.5, 0.6) is 0 Å². The minimum Gasteiger partial charge on any atom is -0.394 e. The number of benzene rings is 1. The van der Waals surface area contributed by atoms with E-state index < -0.39 is 5.82 Å². The van der Waals surface area contributed by atoms with Crippen LogP contribution in [0.3, 0.4) is 0 Å². The van der Waals surface area contributed by atoms with Crippen molar-refractivity contribution in [3.8, 4) is 11.3 Å². The fraction of sp³-hybridized carbons (Fsp3) is 0.182. The quantitative estimate of drug-likeness (QED) is 0.881. The van der Waals surface area contributed by atoms with E-state index in [2.05, 4.69) is 5.10 Å². The van der Waals surface area contributed by atoms with E-state index in [1.165, 1.54) is 16.8 Å². The van der Waals surface area contributed by atoms with Crippen LogP contribution in [0, 0.1) is 5.82 Å². The van der Waals surface area contributed by atoms with E-state index in [1.54, 1.807) is 12.1 Å². The molecule has 6 heteroatoms. The molecule has 1 heterocycles. The van der Waals surface area contributed by atoms with Crippen molar-refractivity contribution in [2.24, 2.45) is 0 Å². The highest BCUT2D eigenvalue weighted by Gasteiger charge is 2.10. The number of aliphatic hydroxyl groups is 1. The van der Waals surface area contributed by atoms with Crippen LogP contribution in [-0.4, -0.2) is 21.5 Å². The molecule has 0 fully saturated rings. The van der Waals surface area contributed by atoms with Crippen molar-refractivity contribution < 1.29 is 9.50 Å². The van der Waals surface area contributed by atoms with Crippen molar-refractivity contribution in [1.82, 2.24) is 9.78 Å². The van der Waals surface area contributed by atoms with Crippen LogP contribution in [0.2, 0.25) is 5.02 Å². The standard InChI is InChI=1S/C11H11ClFN3O/c12-9-5-7(13)1-2-8(9)10-6-11(14)16(15-10)3-4-17/h1-2,5-6,17H,3-4,14H2. The second-order valence-electron chi connectivity index (χ2n) is 3.53. The minimum absolute atomic E-state index is 0.0531. The van der Waals surface area contributed by atoms with Crippen LogP contribution < -0.4 is 5.73 Å². The van der Waals surface area contributed by atoms with Gasteiger partial charge in [0.05, 0.1) is 23.9 Å². The number of nitrogens with zero attached hydrogens (tertiary/aromatic N) is 2. The monoisotopic (exact) mass is 255 g/mol. The number of hydrogen-bond donors (Lipinski definition) is 2. The maximum Gasteiger partial charge on any atom is 0.124 e. The summed E-state index contributed by atoms with van der Waals surface area (Å²) in [5, 5.41) is 13.3. The Bertz CT molecular complexity index is 542. The van der Waals surface area contributed by atoms with Gasteiger partial charge in [0, 0.05) is 11.6 Å². The normalized spacial score (nSPS) is 10.8. The SMILES string of the molecule is Nc1cc(-c2ccc(F)cc2Cl)nn1CCO. The molecule has 0 unspecified atom stereocenters. The first kappa shape index (κ1) is 11.9. The molecule has 0 aliphatic heterocycles. The molecule has 0 amide bonds. The van der Waals surface area contributed by atoms with Gasteiger partial charge in [0.25, 0.3) is 0 Å². The molecule has 0 aliphatic carbocycles. The molecule has 2 aromatic rings. The molecule has 0 spiro atoms. The fourth-order valence-corrected chi connectivity index (χ4v) is 1.80. The van der Waals surface area contributed by atoms with E-state index >= 15 is 0 Å². The summed E-state index contributed by atoms with van der Waals surface area (Å²) < 4.78 is 14.4.